The molecule has 2 unspecified atom stereocenters. The summed E-state index contributed by atoms with van der Waals surface area (Å²) in [6.07, 6.45) is 16.5. The number of amides is 4. The van der Waals surface area contributed by atoms with E-state index in [0.29, 0.717) is 13.1 Å². The summed E-state index contributed by atoms with van der Waals surface area (Å²) in [6.45, 7) is 5.75. The van der Waals surface area contributed by atoms with Gasteiger partial charge in [-0.25, -0.2) is 9.59 Å². The first kappa shape index (κ1) is 46.8. The molecule has 10 nitrogen and oxygen atoms in total. The van der Waals surface area contributed by atoms with Gasteiger partial charge in [0, 0.05) is 13.1 Å². The second kappa shape index (κ2) is 31.9. The number of alkyl carbamates (subject to hydrolysis) is 2. The van der Waals surface area contributed by atoms with Gasteiger partial charge in [-0.3, -0.25) is 9.59 Å². The van der Waals surface area contributed by atoms with E-state index in [1.807, 2.05) is 60.7 Å². The largest absolute Gasteiger partial charge is 0.445 e. The maximum Gasteiger partial charge on any atom is 0.408 e. The van der Waals surface area contributed by atoms with Gasteiger partial charge in [0.2, 0.25) is 0 Å². The quantitative estimate of drug-likeness (QED) is 0.0439. The molecule has 2 atom stereocenters. The fraction of sp³-hybridized carbons (Fsp3) is 0.619. The van der Waals surface area contributed by atoms with Crippen LogP contribution in [0.2, 0.25) is 0 Å². The van der Waals surface area contributed by atoms with E-state index in [4.69, 9.17) is 9.47 Å². The highest BCUT2D eigenvalue weighted by Crippen LogP contribution is 2.15. The summed E-state index contributed by atoms with van der Waals surface area (Å²) < 4.78 is 10.7. The summed E-state index contributed by atoms with van der Waals surface area (Å²) in [5.41, 5.74) is 1.80. The Balaban J connectivity index is 1.46. The van der Waals surface area contributed by atoms with Crippen LogP contribution in [0.15, 0.2) is 60.7 Å². The molecule has 0 fully saturated rings. The molecular formula is C42H66N4O6S2. The van der Waals surface area contributed by atoms with Crippen LogP contribution in [0.3, 0.4) is 0 Å². The summed E-state index contributed by atoms with van der Waals surface area (Å²) in [5, 5.41) is 10.1. The maximum atomic E-state index is 12.8. The van der Waals surface area contributed by atoms with Crippen molar-refractivity contribution in [2.24, 2.45) is 0 Å². The van der Waals surface area contributed by atoms with E-state index in [2.05, 4.69) is 35.1 Å². The SMILES string of the molecule is CCCCSC(NC(=O)OCc1ccccc1)C(=O)NCCCCCCCCCCCCCCNC(=O)C(NC(=O)OCc1ccccc1)SCCCC. The molecule has 0 bridgehead atoms. The van der Waals surface area contributed by atoms with Crippen LogP contribution in [-0.4, -0.2) is 59.3 Å². The van der Waals surface area contributed by atoms with Crippen molar-refractivity contribution in [2.75, 3.05) is 24.6 Å². The summed E-state index contributed by atoms with van der Waals surface area (Å²) in [6, 6.07) is 19.0. The summed E-state index contributed by atoms with van der Waals surface area (Å²) in [7, 11) is 0. The molecule has 0 heterocycles. The number of hydrogen-bond donors (Lipinski definition) is 4. The van der Waals surface area contributed by atoms with Gasteiger partial charge in [-0.1, -0.05) is 152 Å². The number of nitrogens with one attached hydrogen (secondary N) is 4. The standard InChI is InChI=1S/C42H66N4O6S2/c1-3-5-31-53-39(45-41(49)51-33-35-25-19-17-20-26-35)37(47)43-29-23-15-13-11-9-7-8-10-12-14-16-24-30-44-38(48)40(54-32-6-4-2)46-42(50)52-34-36-27-21-18-22-28-36/h17-22,25-28,39-40H,3-16,23-24,29-34H2,1-2H3,(H,43,47)(H,44,48)(H,45,49)(H,46,50). The Bertz CT molecular complexity index is 1180. The molecule has 302 valence electrons. The summed E-state index contributed by atoms with van der Waals surface area (Å²) in [5.74, 6) is 1.24. The Labute approximate surface area is 333 Å². The van der Waals surface area contributed by atoms with Gasteiger partial charge in [0.15, 0.2) is 10.7 Å². The van der Waals surface area contributed by atoms with Gasteiger partial charge in [0.25, 0.3) is 11.8 Å². The van der Waals surface area contributed by atoms with E-state index < -0.39 is 22.9 Å². The third kappa shape index (κ3) is 24.1. The van der Waals surface area contributed by atoms with E-state index in [1.165, 1.54) is 62.0 Å². The number of benzene rings is 2. The van der Waals surface area contributed by atoms with Gasteiger partial charge in [0.05, 0.1) is 0 Å². The number of ether oxygens (including phenoxy) is 2. The lowest BCUT2D eigenvalue weighted by atomic mass is 10.1. The Morgan fingerprint density at radius 2 is 0.833 bits per heavy atom. The zero-order chi connectivity index (χ0) is 38.9. The zero-order valence-corrected chi connectivity index (χ0v) is 34.4. The monoisotopic (exact) mass is 786 g/mol. The average molecular weight is 787 g/mol. The summed E-state index contributed by atoms with van der Waals surface area (Å²) in [4.78, 5) is 50.4. The molecule has 0 aromatic heterocycles. The minimum Gasteiger partial charge on any atom is -0.445 e. The minimum atomic E-state index is -0.662. The number of carbonyl (C=O) groups excluding carboxylic acids is 4. The molecular weight excluding hydrogens is 721 g/mol. The highest BCUT2D eigenvalue weighted by molar-refractivity contribution is 8.00. The Hall–Kier alpha value is -3.38. The second-order valence-electron chi connectivity index (χ2n) is 13.4. The fourth-order valence-corrected chi connectivity index (χ4v) is 7.64. The minimum absolute atomic E-state index is 0.167. The average Bonchev–Trinajstić information content (AvgIpc) is 3.19. The van der Waals surface area contributed by atoms with E-state index in [0.717, 1.165) is 86.8 Å². The van der Waals surface area contributed by atoms with Crippen LogP contribution in [0.4, 0.5) is 9.59 Å². The summed E-state index contributed by atoms with van der Waals surface area (Å²) >= 11 is 2.89. The van der Waals surface area contributed by atoms with Gasteiger partial charge in [0.1, 0.15) is 13.2 Å². The van der Waals surface area contributed by atoms with Gasteiger partial charge < -0.3 is 30.7 Å². The molecule has 2 rings (SSSR count). The number of carbonyl (C=O) groups is 4. The normalized spacial score (nSPS) is 12.0. The molecule has 0 aliphatic rings. The van der Waals surface area contributed by atoms with Crippen LogP contribution in [0.1, 0.15) is 128 Å². The van der Waals surface area contributed by atoms with Gasteiger partial charge in [-0.05, 0) is 48.3 Å². The first-order valence-electron chi connectivity index (χ1n) is 20.2. The van der Waals surface area contributed by atoms with Crippen molar-refractivity contribution in [3.05, 3.63) is 71.8 Å². The molecule has 0 radical (unpaired) electrons. The van der Waals surface area contributed by atoms with Crippen LogP contribution < -0.4 is 21.3 Å². The van der Waals surface area contributed by atoms with Crippen molar-refractivity contribution in [1.82, 2.24) is 21.3 Å². The number of rotatable bonds is 31. The van der Waals surface area contributed by atoms with Crippen molar-refractivity contribution < 1.29 is 28.7 Å². The molecule has 2 aromatic rings. The third-order valence-electron chi connectivity index (χ3n) is 8.67. The smallest absolute Gasteiger partial charge is 0.408 e. The van der Waals surface area contributed by atoms with Gasteiger partial charge in [-0.15, -0.1) is 23.5 Å². The van der Waals surface area contributed by atoms with Crippen LogP contribution in [-0.2, 0) is 32.3 Å². The molecule has 0 saturated heterocycles. The van der Waals surface area contributed by atoms with Gasteiger partial charge in [-0.2, -0.15) is 0 Å². The van der Waals surface area contributed by atoms with Crippen molar-refractivity contribution in [1.29, 1.82) is 0 Å². The second-order valence-corrected chi connectivity index (χ2v) is 15.9. The predicted molar refractivity (Wildman–Crippen MR) is 223 cm³/mol. The predicted octanol–water partition coefficient (Wildman–Crippen LogP) is 9.47. The molecule has 4 amide bonds. The molecule has 0 aliphatic carbocycles. The molecule has 0 spiro atoms. The van der Waals surface area contributed by atoms with Crippen LogP contribution in [0, 0.1) is 0 Å². The lowest BCUT2D eigenvalue weighted by molar-refractivity contribution is -0.121. The van der Waals surface area contributed by atoms with E-state index >= 15 is 0 Å². The van der Waals surface area contributed by atoms with Crippen LogP contribution >= 0.6 is 23.5 Å². The topological polar surface area (TPSA) is 135 Å². The first-order valence-corrected chi connectivity index (χ1v) is 22.3. The maximum absolute atomic E-state index is 12.8. The lowest BCUT2D eigenvalue weighted by Crippen LogP contribution is -2.45. The van der Waals surface area contributed by atoms with Crippen molar-refractivity contribution >= 4 is 47.5 Å². The molecule has 12 heteroatoms. The molecule has 2 aromatic carbocycles. The van der Waals surface area contributed by atoms with E-state index in [-0.39, 0.29) is 25.0 Å². The lowest BCUT2D eigenvalue weighted by Gasteiger charge is -2.18. The zero-order valence-electron chi connectivity index (χ0n) is 32.8. The van der Waals surface area contributed by atoms with Crippen molar-refractivity contribution in [3.63, 3.8) is 0 Å². The highest BCUT2D eigenvalue weighted by Gasteiger charge is 2.22. The van der Waals surface area contributed by atoms with Crippen molar-refractivity contribution in [3.8, 4) is 0 Å². The number of hydrogen-bond acceptors (Lipinski definition) is 8. The van der Waals surface area contributed by atoms with Crippen LogP contribution in [0.5, 0.6) is 0 Å². The highest BCUT2D eigenvalue weighted by atomic mass is 32.2. The Morgan fingerprint density at radius 1 is 0.500 bits per heavy atom. The first-order chi connectivity index (χ1) is 26.4. The van der Waals surface area contributed by atoms with E-state index in [1.54, 1.807) is 0 Å². The van der Waals surface area contributed by atoms with Gasteiger partial charge >= 0.3 is 12.2 Å². The molecule has 0 aliphatic heterocycles. The Morgan fingerprint density at radius 3 is 1.17 bits per heavy atom. The van der Waals surface area contributed by atoms with E-state index in [9.17, 15) is 19.2 Å². The molecule has 0 saturated carbocycles. The molecule has 54 heavy (non-hydrogen) atoms. The third-order valence-corrected chi connectivity index (χ3v) is 11.0. The van der Waals surface area contributed by atoms with Crippen LogP contribution in [0.25, 0.3) is 0 Å². The molecule has 4 N–H and O–H groups in total. The number of unbranched alkanes of at least 4 members (excludes halogenated alkanes) is 13. The van der Waals surface area contributed by atoms with Crippen molar-refractivity contribution in [2.45, 2.75) is 141 Å². The fourth-order valence-electron chi connectivity index (χ4n) is 5.43. The number of thioether (sulfide) groups is 2. The Kier molecular flexibility index (Phi) is 27.6.